The van der Waals surface area contributed by atoms with Gasteiger partial charge in [-0.3, -0.25) is 0 Å². The quantitative estimate of drug-likeness (QED) is 0.927. The van der Waals surface area contributed by atoms with E-state index in [1.165, 1.54) is 13.2 Å². The number of benzene rings is 1. The molecule has 1 heterocycles. The molecule has 0 amide bonds. The molecule has 0 unspecified atom stereocenters. The zero-order chi connectivity index (χ0) is 14.5. The first-order valence-electron chi connectivity index (χ1n) is 6.10. The second-order valence-corrected chi connectivity index (χ2v) is 4.30. The van der Waals surface area contributed by atoms with Crippen LogP contribution in [-0.4, -0.2) is 12.1 Å². The Balaban J connectivity index is 2.15. The Bertz CT molecular complexity index is 635. The van der Waals surface area contributed by atoms with Crippen molar-refractivity contribution < 1.29 is 9.13 Å². The fourth-order valence-electron chi connectivity index (χ4n) is 1.82. The Labute approximate surface area is 116 Å². The summed E-state index contributed by atoms with van der Waals surface area (Å²) >= 11 is 0. The molecule has 20 heavy (non-hydrogen) atoms. The fraction of sp³-hybridized carbons (Fsp3) is 0.200. The maximum absolute atomic E-state index is 13.4. The van der Waals surface area contributed by atoms with E-state index in [-0.39, 0.29) is 17.6 Å². The molecule has 0 spiro atoms. The number of halogens is 1. The summed E-state index contributed by atoms with van der Waals surface area (Å²) < 4.78 is 18.3. The predicted molar refractivity (Wildman–Crippen MR) is 73.9 cm³/mol. The van der Waals surface area contributed by atoms with Gasteiger partial charge in [0.05, 0.1) is 19.0 Å². The summed E-state index contributed by atoms with van der Waals surface area (Å²) in [6.45, 7) is 1.95. The highest BCUT2D eigenvalue weighted by Crippen LogP contribution is 2.24. The van der Waals surface area contributed by atoms with Gasteiger partial charge in [-0.25, -0.2) is 9.37 Å². The van der Waals surface area contributed by atoms with E-state index in [4.69, 9.17) is 10.00 Å². The minimum Gasteiger partial charge on any atom is -0.494 e. The topological polar surface area (TPSA) is 57.9 Å². The van der Waals surface area contributed by atoms with Gasteiger partial charge in [-0.15, -0.1) is 0 Å². The lowest BCUT2D eigenvalue weighted by molar-refractivity contribution is 0.385. The summed E-state index contributed by atoms with van der Waals surface area (Å²) in [5.74, 6) is -0.169. The van der Waals surface area contributed by atoms with Gasteiger partial charge in [-0.05, 0) is 36.8 Å². The summed E-state index contributed by atoms with van der Waals surface area (Å²) in [6, 6.07) is 10.1. The number of pyridine rings is 1. The van der Waals surface area contributed by atoms with Gasteiger partial charge >= 0.3 is 0 Å². The number of aromatic nitrogens is 1. The Morgan fingerprint density at radius 1 is 1.35 bits per heavy atom. The Morgan fingerprint density at radius 3 is 2.75 bits per heavy atom. The highest BCUT2D eigenvalue weighted by molar-refractivity contribution is 5.45. The molecule has 1 N–H and O–H groups in total. The van der Waals surface area contributed by atoms with E-state index in [9.17, 15) is 4.39 Å². The van der Waals surface area contributed by atoms with Crippen LogP contribution in [0.2, 0.25) is 0 Å². The molecular formula is C15H14FN3O. The van der Waals surface area contributed by atoms with Crippen LogP contribution in [0.3, 0.4) is 0 Å². The van der Waals surface area contributed by atoms with Crippen molar-refractivity contribution in [3.63, 3.8) is 0 Å². The normalized spacial score (nSPS) is 11.5. The first-order valence-corrected chi connectivity index (χ1v) is 6.10. The second-order valence-electron chi connectivity index (χ2n) is 4.30. The Kier molecular flexibility index (Phi) is 4.16. The van der Waals surface area contributed by atoms with Crippen molar-refractivity contribution in [3.05, 3.63) is 53.6 Å². The molecule has 0 saturated carbocycles. The Hall–Kier alpha value is -2.61. The monoisotopic (exact) mass is 271 g/mol. The largest absolute Gasteiger partial charge is 0.494 e. The highest BCUT2D eigenvalue weighted by Gasteiger charge is 2.09. The van der Waals surface area contributed by atoms with E-state index < -0.39 is 0 Å². The van der Waals surface area contributed by atoms with Gasteiger partial charge in [0.25, 0.3) is 0 Å². The van der Waals surface area contributed by atoms with Crippen LogP contribution >= 0.6 is 0 Å². The van der Waals surface area contributed by atoms with Gasteiger partial charge in [-0.1, -0.05) is 6.07 Å². The molecule has 0 radical (unpaired) electrons. The molecule has 0 aliphatic carbocycles. The first-order chi connectivity index (χ1) is 9.63. The third-order valence-corrected chi connectivity index (χ3v) is 2.94. The fourth-order valence-corrected chi connectivity index (χ4v) is 1.82. The summed E-state index contributed by atoms with van der Waals surface area (Å²) in [6.07, 6.45) is 1.59. The number of rotatable bonds is 4. The summed E-state index contributed by atoms with van der Waals surface area (Å²) in [4.78, 5) is 3.98. The number of ether oxygens (including phenoxy) is 1. The number of hydrogen-bond donors (Lipinski definition) is 1. The van der Waals surface area contributed by atoms with E-state index >= 15 is 0 Å². The van der Waals surface area contributed by atoms with E-state index in [2.05, 4.69) is 10.3 Å². The molecule has 1 aromatic carbocycles. The molecule has 5 heteroatoms. The summed E-state index contributed by atoms with van der Waals surface area (Å²) in [5.41, 5.74) is 2.05. The van der Waals surface area contributed by atoms with Crippen molar-refractivity contribution in [1.82, 2.24) is 4.98 Å². The standard InChI is InChI=1S/C15H14FN3O/c1-10(11-3-6-14(16)15(7-11)20-2)19-13-5-4-12(8-17)18-9-13/h3-7,9-10,19H,1-2H3/t10-/m1/s1. The van der Waals surface area contributed by atoms with E-state index in [1.807, 2.05) is 13.0 Å². The lowest BCUT2D eigenvalue weighted by Gasteiger charge is -2.16. The number of hydrogen-bond acceptors (Lipinski definition) is 4. The van der Waals surface area contributed by atoms with Crippen molar-refractivity contribution in [2.45, 2.75) is 13.0 Å². The molecule has 1 atom stereocenters. The molecule has 0 aliphatic rings. The number of nitrogens with one attached hydrogen (secondary N) is 1. The average molecular weight is 271 g/mol. The third-order valence-electron chi connectivity index (χ3n) is 2.94. The van der Waals surface area contributed by atoms with Crippen LogP contribution in [0.5, 0.6) is 5.75 Å². The lowest BCUT2D eigenvalue weighted by Crippen LogP contribution is -2.07. The Morgan fingerprint density at radius 2 is 2.15 bits per heavy atom. The van der Waals surface area contributed by atoms with Crippen LogP contribution in [0.15, 0.2) is 36.5 Å². The second kappa shape index (κ2) is 6.02. The van der Waals surface area contributed by atoms with Crippen LogP contribution in [0.4, 0.5) is 10.1 Å². The maximum Gasteiger partial charge on any atom is 0.165 e. The molecule has 0 fully saturated rings. The molecule has 4 nitrogen and oxygen atoms in total. The van der Waals surface area contributed by atoms with Gasteiger partial charge in [-0.2, -0.15) is 5.26 Å². The zero-order valence-corrected chi connectivity index (χ0v) is 11.2. The lowest BCUT2D eigenvalue weighted by atomic mass is 10.1. The van der Waals surface area contributed by atoms with E-state index in [0.717, 1.165) is 11.3 Å². The third kappa shape index (κ3) is 3.04. The molecule has 0 bridgehead atoms. The highest BCUT2D eigenvalue weighted by atomic mass is 19.1. The SMILES string of the molecule is COc1cc([C@@H](C)Nc2ccc(C#N)nc2)ccc1F. The van der Waals surface area contributed by atoms with Crippen molar-refractivity contribution in [2.75, 3.05) is 12.4 Å². The van der Waals surface area contributed by atoms with E-state index in [1.54, 1.807) is 30.5 Å². The van der Waals surface area contributed by atoms with Gasteiger partial charge in [0.2, 0.25) is 0 Å². The molecule has 2 rings (SSSR count). The van der Waals surface area contributed by atoms with Crippen molar-refractivity contribution >= 4 is 5.69 Å². The molecule has 1 aromatic heterocycles. The first kappa shape index (κ1) is 13.8. The minimum absolute atomic E-state index is 0.0424. The minimum atomic E-state index is -0.386. The van der Waals surface area contributed by atoms with Crippen LogP contribution in [0.1, 0.15) is 24.2 Å². The van der Waals surface area contributed by atoms with Gasteiger partial charge in [0, 0.05) is 6.04 Å². The molecular weight excluding hydrogens is 257 g/mol. The van der Waals surface area contributed by atoms with Crippen LogP contribution in [0, 0.1) is 17.1 Å². The van der Waals surface area contributed by atoms with Crippen LogP contribution in [-0.2, 0) is 0 Å². The summed E-state index contributed by atoms with van der Waals surface area (Å²) in [7, 11) is 1.44. The number of nitrogens with zero attached hydrogens (tertiary/aromatic N) is 2. The van der Waals surface area contributed by atoms with Crippen LogP contribution < -0.4 is 10.1 Å². The molecule has 2 aromatic rings. The predicted octanol–water partition coefficient (Wildman–Crippen LogP) is 3.27. The van der Waals surface area contributed by atoms with Crippen molar-refractivity contribution in [3.8, 4) is 11.8 Å². The average Bonchev–Trinajstić information content (AvgIpc) is 2.48. The number of anilines is 1. The smallest absolute Gasteiger partial charge is 0.165 e. The van der Waals surface area contributed by atoms with Gasteiger partial charge < -0.3 is 10.1 Å². The molecule has 0 aliphatic heterocycles. The van der Waals surface area contributed by atoms with E-state index in [0.29, 0.717) is 5.69 Å². The number of methoxy groups -OCH3 is 1. The van der Waals surface area contributed by atoms with Crippen molar-refractivity contribution in [2.24, 2.45) is 0 Å². The molecule has 0 saturated heterocycles. The number of nitriles is 1. The van der Waals surface area contributed by atoms with Crippen LogP contribution in [0.25, 0.3) is 0 Å². The zero-order valence-electron chi connectivity index (χ0n) is 11.2. The van der Waals surface area contributed by atoms with Crippen molar-refractivity contribution in [1.29, 1.82) is 5.26 Å². The van der Waals surface area contributed by atoms with Gasteiger partial charge in [0.15, 0.2) is 11.6 Å². The summed E-state index contributed by atoms with van der Waals surface area (Å²) in [5, 5.41) is 11.9. The molecule has 102 valence electrons. The van der Waals surface area contributed by atoms with Gasteiger partial charge in [0.1, 0.15) is 11.8 Å². The maximum atomic E-state index is 13.4.